The van der Waals surface area contributed by atoms with Gasteiger partial charge in [-0.1, -0.05) is 17.3 Å². The molecule has 3 rings (SSSR count). The van der Waals surface area contributed by atoms with E-state index in [4.69, 9.17) is 5.11 Å². The lowest BCUT2D eigenvalue weighted by Gasteiger charge is -2.31. The molecule has 1 aliphatic rings. The van der Waals surface area contributed by atoms with Gasteiger partial charge in [-0.2, -0.15) is 0 Å². The Morgan fingerprint density at radius 3 is 2.88 bits per heavy atom. The van der Waals surface area contributed by atoms with Crippen molar-refractivity contribution in [3.8, 4) is 0 Å². The van der Waals surface area contributed by atoms with Crippen molar-refractivity contribution < 1.29 is 14.3 Å². The van der Waals surface area contributed by atoms with Crippen LogP contribution < -0.4 is 5.32 Å². The van der Waals surface area contributed by atoms with E-state index in [0.717, 1.165) is 38.0 Å². The third kappa shape index (κ3) is 4.86. The predicted molar refractivity (Wildman–Crippen MR) is 94.0 cm³/mol. The minimum atomic E-state index is -0.270. The molecular formula is C18H24FN5O2. The summed E-state index contributed by atoms with van der Waals surface area (Å²) in [5.74, 6) is -0.474. The largest absolute Gasteiger partial charge is 0.396 e. The van der Waals surface area contributed by atoms with Crippen LogP contribution in [0.15, 0.2) is 30.5 Å². The number of nitrogens with zero attached hydrogens (tertiary/aromatic N) is 4. The van der Waals surface area contributed by atoms with Crippen LogP contribution in [0.1, 0.15) is 41.4 Å². The molecule has 8 heteroatoms. The maximum absolute atomic E-state index is 13.3. The number of hydrogen-bond donors (Lipinski definition) is 2. The molecule has 0 bridgehead atoms. The quantitative estimate of drug-likeness (QED) is 0.728. The minimum Gasteiger partial charge on any atom is -0.396 e. The SMILES string of the molecule is O=C(NCCCO)c1cn(C2CCN(Cc3cccc(F)c3)CC2)nn1. The van der Waals surface area contributed by atoms with Gasteiger partial charge in [0, 0.05) is 32.8 Å². The number of amides is 1. The summed E-state index contributed by atoms with van der Waals surface area (Å²) in [7, 11) is 0. The summed E-state index contributed by atoms with van der Waals surface area (Å²) in [6.45, 7) is 2.97. The van der Waals surface area contributed by atoms with Crippen LogP contribution in [-0.2, 0) is 6.54 Å². The number of halogens is 1. The molecule has 0 atom stereocenters. The van der Waals surface area contributed by atoms with Crippen LogP contribution in [-0.4, -0.2) is 57.1 Å². The minimum absolute atomic E-state index is 0.0428. The molecule has 1 fully saturated rings. The zero-order valence-electron chi connectivity index (χ0n) is 14.6. The smallest absolute Gasteiger partial charge is 0.273 e. The molecule has 1 aromatic carbocycles. The highest BCUT2D eigenvalue weighted by molar-refractivity contribution is 5.91. The Bertz CT molecular complexity index is 728. The summed E-state index contributed by atoms with van der Waals surface area (Å²) in [6.07, 6.45) is 4.01. The molecule has 140 valence electrons. The monoisotopic (exact) mass is 361 g/mol. The lowest BCUT2D eigenvalue weighted by atomic mass is 10.0. The Hall–Kier alpha value is -2.32. The first-order valence-electron chi connectivity index (χ1n) is 8.93. The lowest BCUT2D eigenvalue weighted by Crippen LogP contribution is -2.34. The van der Waals surface area contributed by atoms with Crippen molar-refractivity contribution in [3.05, 3.63) is 47.5 Å². The van der Waals surface area contributed by atoms with Crippen molar-refractivity contribution in [2.45, 2.75) is 31.8 Å². The lowest BCUT2D eigenvalue weighted by molar-refractivity contribution is 0.0946. The summed E-state index contributed by atoms with van der Waals surface area (Å²) in [5, 5.41) is 19.5. The van der Waals surface area contributed by atoms with Gasteiger partial charge >= 0.3 is 0 Å². The average molecular weight is 361 g/mol. The Morgan fingerprint density at radius 2 is 2.15 bits per heavy atom. The summed E-state index contributed by atoms with van der Waals surface area (Å²) < 4.78 is 15.1. The van der Waals surface area contributed by atoms with E-state index in [2.05, 4.69) is 20.5 Å². The van der Waals surface area contributed by atoms with Gasteiger partial charge in [0.15, 0.2) is 5.69 Å². The van der Waals surface area contributed by atoms with Crippen LogP contribution in [0, 0.1) is 5.82 Å². The van der Waals surface area contributed by atoms with Crippen LogP contribution in [0.2, 0.25) is 0 Å². The molecule has 1 amide bonds. The first kappa shape index (κ1) is 18.5. The number of piperidine rings is 1. The Balaban J connectivity index is 1.49. The van der Waals surface area contributed by atoms with Gasteiger partial charge in [-0.25, -0.2) is 9.07 Å². The molecule has 0 saturated carbocycles. The third-order valence-corrected chi connectivity index (χ3v) is 4.59. The highest BCUT2D eigenvalue weighted by atomic mass is 19.1. The van der Waals surface area contributed by atoms with Crippen LogP contribution in [0.5, 0.6) is 0 Å². The molecule has 2 aromatic rings. The summed E-state index contributed by atoms with van der Waals surface area (Å²) in [4.78, 5) is 14.2. The predicted octanol–water partition coefficient (Wildman–Crippen LogP) is 1.37. The number of benzene rings is 1. The second-order valence-electron chi connectivity index (χ2n) is 6.55. The highest BCUT2D eigenvalue weighted by Gasteiger charge is 2.22. The average Bonchev–Trinajstić information content (AvgIpc) is 3.13. The van der Waals surface area contributed by atoms with Crippen LogP contribution in [0.3, 0.4) is 0 Å². The van der Waals surface area contributed by atoms with Crippen molar-refractivity contribution in [1.82, 2.24) is 25.2 Å². The molecule has 1 aliphatic heterocycles. The number of hydrogen-bond acceptors (Lipinski definition) is 5. The molecule has 0 spiro atoms. The number of carbonyl (C=O) groups excluding carboxylic acids is 1. The van der Waals surface area contributed by atoms with Gasteiger partial charge in [0.1, 0.15) is 5.82 Å². The van der Waals surface area contributed by atoms with Crippen molar-refractivity contribution in [2.75, 3.05) is 26.2 Å². The van der Waals surface area contributed by atoms with Gasteiger partial charge in [-0.15, -0.1) is 5.10 Å². The van der Waals surface area contributed by atoms with Crippen molar-refractivity contribution in [1.29, 1.82) is 0 Å². The normalized spacial score (nSPS) is 15.9. The van der Waals surface area contributed by atoms with E-state index in [-0.39, 0.29) is 24.4 Å². The van der Waals surface area contributed by atoms with E-state index in [1.165, 1.54) is 6.07 Å². The van der Waals surface area contributed by atoms with Gasteiger partial charge in [0.2, 0.25) is 0 Å². The van der Waals surface area contributed by atoms with E-state index in [1.54, 1.807) is 23.0 Å². The summed E-state index contributed by atoms with van der Waals surface area (Å²) >= 11 is 0. The highest BCUT2D eigenvalue weighted by Crippen LogP contribution is 2.23. The molecule has 7 nitrogen and oxygen atoms in total. The fourth-order valence-electron chi connectivity index (χ4n) is 3.17. The molecule has 1 aromatic heterocycles. The number of aliphatic hydroxyl groups is 1. The standard InChI is InChI=1S/C18H24FN5O2/c19-15-4-1-3-14(11-15)12-23-8-5-16(6-9-23)24-13-17(21-22-24)18(26)20-7-2-10-25/h1,3-4,11,13,16,25H,2,5-10,12H2,(H,20,26). The summed E-state index contributed by atoms with van der Waals surface area (Å²) in [5.41, 5.74) is 1.27. The second kappa shape index (κ2) is 8.86. The van der Waals surface area contributed by atoms with Crippen molar-refractivity contribution >= 4 is 5.91 Å². The van der Waals surface area contributed by atoms with E-state index in [0.29, 0.717) is 18.7 Å². The number of aromatic nitrogens is 3. The second-order valence-corrected chi connectivity index (χ2v) is 6.55. The first-order chi connectivity index (χ1) is 12.7. The van der Waals surface area contributed by atoms with Crippen molar-refractivity contribution in [2.24, 2.45) is 0 Å². The number of rotatable bonds is 7. The molecule has 2 N–H and O–H groups in total. The number of nitrogens with one attached hydrogen (secondary N) is 1. The van der Waals surface area contributed by atoms with Crippen LogP contribution >= 0.6 is 0 Å². The van der Waals surface area contributed by atoms with E-state index < -0.39 is 0 Å². The first-order valence-corrected chi connectivity index (χ1v) is 8.93. The Labute approximate surface area is 151 Å². The van der Waals surface area contributed by atoms with Gasteiger partial charge in [0.25, 0.3) is 5.91 Å². The maximum atomic E-state index is 13.3. The maximum Gasteiger partial charge on any atom is 0.273 e. The molecule has 1 saturated heterocycles. The van der Waals surface area contributed by atoms with Crippen LogP contribution in [0.25, 0.3) is 0 Å². The molecule has 0 aliphatic carbocycles. The number of likely N-dealkylation sites (tertiary alicyclic amines) is 1. The zero-order valence-corrected chi connectivity index (χ0v) is 14.6. The van der Waals surface area contributed by atoms with Crippen LogP contribution in [0.4, 0.5) is 4.39 Å². The number of aliphatic hydroxyl groups excluding tert-OH is 1. The topological polar surface area (TPSA) is 83.3 Å². The van der Waals surface area contributed by atoms with Crippen molar-refractivity contribution in [3.63, 3.8) is 0 Å². The van der Waals surface area contributed by atoms with Gasteiger partial charge < -0.3 is 10.4 Å². The molecule has 26 heavy (non-hydrogen) atoms. The van der Waals surface area contributed by atoms with E-state index in [1.807, 2.05) is 6.07 Å². The Morgan fingerprint density at radius 1 is 1.35 bits per heavy atom. The van der Waals surface area contributed by atoms with Gasteiger partial charge in [-0.05, 0) is 37.0 Å². The van der Waals surface area contributed by atoms with E-state index >= 15 is 0 Å². The molecular weight excluding hydrogens is 337 g/mol. The van der Waals surface area contributed by atoms with Gasteiger partial charge in [-0.3, -0.25) is 9.69 Å². The molecule has 0 unspecified atom stereocenters. The zero-order chi connectivity index (χ0) is 18.4. The molecule has 2 heterocycles. The van der Waals surface area contributed by atoms with E-state index in [9.17, 15) is 9.18 Å². The fraction of sp³-hybridized carbons (Fsp3) is 0.500. The van der Waals surface area contributed by atoms with Gasteiger partial charge in [0.05, 0.1) is 12.2 Å². The number of carbonyl (C=O) groups is 1. The summed E-state index contributed by atoms with van der Waals surface area (Å²) in [6, 6.07) is 6.92. The Kier molecular flexibility index (Phi) is 6.30. The third-order valence-electron chi connectivity index (χ3n) is 4.59. The fourth-order valence-corrected chi connectivity index (χ4v) is 3.17. The molecule has 0 radical (unpaired) electrons.